The number of nitrogens with zero attached hydrogens (tertiary/aromatic N) is 1. The summed E-state index contributed by atoms with van der Waals surface area (Å²) in [7, 11) is 0. The third-order valence-electron chi connectivity index (χ3n) is 0. The summed E-state index contributed by atoms with van der Waals surface area (Å²) in [6.45, 7) is 0. The molecule has 4 heteroatoms. The van der Waals surface area contributed by atoms with Gasteiger partial charge in [-0.25, -0.2) is 0 Å². The molecule has 18 valence electrons. The minimum Gasteiger partial charge on any atom is -1.00 e. The fourth-order valence-electron chi connectivity index (χ4n) is 0. The fourth-order valence-corrected chi connectivity index (χ4v) is 0. The van der Waals surface area contributed by atoms with Gasteiger partial charge in [-0.1, -0.05) is 0 Å². The Morgan fingerprint density at radius 1 is 1.40 bits per heavy atom. The van der Waals surface area contributed by atoms with Crippen LogP contribution in [0.1, 0.15) is 0 Å². The maximum Gasteiger partial charge on any atom is -1.00 e. The van der Waals surface area contributed by atoms with Gasteiger partial charge >= 0.3 is 26.5 Å². The zero-order valence-corrected chi connectivity index (χ0v) is 3.83. The van der Waals surface area contributed by atoms with Crippen LogP contribution in [0.4, 0.5) is 0 Å². The van der Waals surface area contributed by atoms with Crippen molar-refractivity contribution >= 4 is 33.1 Å². The Labute approximate surface area is 43.9 Å². The molecular formula is CAlB2N. The third-order valence-corrected chi connectivity index (χ3v) is 0. The van der Waals surface area contributed by atoms with E-state index in [1.54, 1.807) is 4.93 Å². The largest absolute Gasteiger partial charge is 1.00 e. The Kier molecular flexibility index (Phi) is 119. The van der Waals surface area contributed by atoms with Crippen LogP contribution in [0.5, 0.6) is 0 Å². The molecule has 0 unspecified atom stereocenters. The van der Waals surface area contributed by atoms with Crippen LogP contribution in [-0.4, -0.2) is 33.1 Å². The molecule has 8 radical (unpaired) electrons. The number of rotatable bonds is 0. The van der Waals surface area contributed by atoms with Crippen molar-refractivity contribution in [1.82, 2.24) is 0 Å². The van der Waals surface area contributed by atoms with Crippen LogP contribution in [0, 0.1) is 10.2 Å². The van der Waals surface area contributed by atoms with Gasteiger partial charge in [0.15, 0.2) is 0 Å². The van der Waals surface area contributed by atoms with Crippen LogP contribution >= 0.6 is 0 Å². The van der Waals surface area contributed by atoms with Gasteiger partial charge in [0.05, 0.1) is 0 Å². The number of hydrogen-bond donors (Lipinski definition) is 0. The summed E-state index contributed by atoms with van der Waals surface area (Å²) in [6, 6.07) is 0. The van der Waals surface area contributed by atoms with E-state index < -0.39 is 0 Å². The Balaban J connectivity index is -0.0000000200. The van der Waals surface area contributed by atoms with Gasteiger partial charge in [-0.05, 0) is 0 Å². The summed E-state index contributed by atoms with van der Waals surface area (Å²) in [4.78, 5) is 1.67. The first-order valence-electron chi connectivity index (χ1n) is 0.512. The average Bonchev–Trinajstić information content (AvgIpc) is 0.918. The molecule has 0 aromatic heterocycles. The normalized spacial score (nSPS) is 1.80. The van der Waals surface area contributed by atoms with Crippen LogP contribution in [0.25, 0.3) is 0 Å². The standard InChI is InChI=1S/CN.Al.2B/c1-2;;;/q;+2;2*-1. The molecule has 0 aliphatic heterocycles. The van der Waals surface area contributed by atoms with Crippen LogP contribution in [0.15, 0.2) is 0 Å². The van der Waals surface area contributed by atoms with Gasteiger partial charge in [0.25, 0.3) is 0 Å². The molecule has 0 aromatic rings. The first kappa shape index (κ1) is 19.2. The van der Waals surface area contributed by atoms with Gasteiger partial charge in [-0.3, -0.25) is 0 Å². The van der Waals surface area contributed by atoms with Gasteiger partial charge in [0.2, 0.25) is 0 Å². The number of hydrogen-bond acceptors (Lipinski definition) is 1. The monoisotopic (exact) mass is 75.0 g/mol. The van der Waals surface area contributed by atoms with Gasteiger partial charge in [0, 0.05) is 0 Å². The van der Waals surface area contributed by atoms with Gasteiger partial charge in [-0.2, -0.15) is 0 Å². The van der Waals surface area contributed by atoms with Crippen molar-refractivity contribution in [1.29, 1.82) is 5.26 Å². The van der Waals surface area contributed by atoms with Crippen LogP contribution in [-0.2, 0) is 0 Å². The molecule has 5 heavy (non-hydrogen) atoms. The Morgan fingerprint density at radius 3 is 1.40 bits per heavy atom. The molecule has 0 atom stereocenters. The molecule has 1 nitrogen and oxygen atoms in total. The van der Waals surface area contributed by atoms with Crippen molar-refractivity contribution in [3.63, 3.8) is 0 Å². The van der Waals surface area contributed by atoms with Crippen molar-refractivity contribution in [2.75, 3.05) is 0 Å². The molecule has 0 fully saturated rings. The molecule has 0 N–H and O–H groups in total. The van der Waals surface area contributed by atoms with Crippen molar-refractivity contribution in [2.45, 2.75) is 0 Å². The average molecular weight is 74.6 g/mol. The first-order valence-corrected chi connectivity index (χ1v) is 1.09. The molecule has 0 saturated heterocycles. The van der Waals surface area contributed by atoms with Crippen molar-refractivity contribution in [2.24, 2.45) is 0 Å². The summed E-state index contributed by atoms with van der Waals surface area (Å²) >= 11 is 1.88. The molecular weight excluding hydrogens is 74.6 g/mol. The zero-order valence-electron chi connectivity index (χ0n) is 2.68. The van der Waals surface area contributed by atoms with Gasteiger partial charge < -0.3 is 16.8 Å². The molecule has 0 saturated carbocycles. The maximum atomic E-state index is 7.28. The SMILES string of the molecule is N#[C][Al+2].[B-].[B-]. The molecule has 0 amide bonds. The summed E-state index contributed by atoms with van der Waals surface area (Å²) in [5.41, 5.74) is 0. The van der Waals surface area contributed by atoms with Crippen molar-refractivity contribution < 1.29 is 0 Å². The molecule has 0 bridgehead atoms. The second kappa shape index (κ2) is 31.1. The van der Waals surface area contributed by atoms with Gasteiger partial charge in [-0.15, -0.1) is 0 Å². The fraction of sp³-hybridized carbons (Fsp3) is 0. The molecule has 0 aromatic carbocycles. The van der Waals surface area contributed by atoms with E-state index in [0.29, 0.717) is 0 Å². The third kappa shape index (κ3) is 829. The summed E-state index contributed by atoms with van der Waals surface area (Å²) < 4.78 is 0. The quantitative estimate of drug-likeness (QED) is 0.334. The second-order valence-electron chi connectivity index (χ2n) is 0.129. The van der Waals surface area contributed by atoms with E-state index in [9.17, 15) is 0 Å². The van der Waals surface area contributed by atoms with Crippen molar-refractivity contribution in [3.8, 4) is 4.93 Å². The molecule has 0 aliphatic carbocycles. The van der Waals surface area contributed by atoms with Crippen LogP contribution < -0.4 is 0 Å². The topological polar surface area (TPSA) is 23.8 Å². The Morgan fingerprint density at radius 2 is 1.40 bits per heavy atom. The van der Waals surface area contributed by atoms with Crippen LogP contribution in [0.3, 0.4) is 0 Å². The van der Waals surface area contributed by atoms with Crippen molar-refractivity contribution in [3.05, 3.63) is 0 Å². The van der Waals surface area contributed by atoms with E-state index in [0.717, 1.165) is 0 Å². The van der Waals surface area contributed by atoms with Gasteiger partial charge in [0.1, 0.15) is 0 Å². The summed E-state index contributed by atoms with van der Waals surface area (Å²) in [5, 5.41) is 7.28. The van der Waals surface area contributed by atoms with E-state index in [1.165, 1.54) is 0 Å². The smallest absolute Gasteiger partial charge is 1.00 e. The predicted octanol–water partition coefficient (Wildman–Crippen LogP) is -1.13. The maximum absolute atomic E-state index is 7.28. The molecule has 0 aliphatic rings. The summed E-state index contributed by atoms with van der Waals surface area (Å²) in [6.07, 6.45) is 0. The van der Waals surface area contributed by atoms with Crippen LogP contribution in [0.2, 0.25) is 0 Å². The summed E-state index contributed by atoms with van der Waals surface area (Å²) in [5.74, 6) is 0. The Hall–Kier alpha value is 0.152. The zero-order chi connectivity index (χ0) is 2.71. The number of nitriles is 1. The van der Waals surface area contributed by atoms with E-state index >= 15 is 0 Å². The first-order chi connectivity index (χ1) is 1.41. The van der Waals surface area contributed by atoms with E-state index in [1.807, 2.05) is 16.3 Å². The molecule has 0 spiro atoms. The predicted molar refractivity (Wildman–Crippen MR) is 22.9 cm³/mol. The molecule has 0 heterocycles. The Bertz CT molecular complexity index is 31.1. The van der Waals surface area contributed by atoms with E-state index in [4.69, 9.17) is 5.26 Å². The van der Waals surface area contributed by atoms with E-state index in [2.05, 4.69) is 0 Å². The minimum atomic E-state index is 0. The minimum absolute atomic E-state index is 0. The second-order valence-corrected chi connectivity index (χ2v) is 0.387. The van der Waals surface area contributed by atoms with E-state index in [-0.39, 0.29) is 16.8 Å². The molecule has 0 rings (SSSR count).